The number of aliphatic hydroxyl groups is 1. The molecule has 3 nitrogen and oxygen atoms in total. The van der Waals surface area contributed by atoms with Crippen LogP contribution >= 0.6 is 0 Å². The average Bonchev–Trinajstić information content (AvgIpc) is 2.01. The Kier molecular flexibility index (Phi) is 4.40. The molecule has 13 heavy (non-hydrogen) atoms. The molecule has 0 spiro atoms. The van der Waals surface area contributed by atoms with E-state index in [1.165, 1.54) is 13.8 Å². The van der Waals surface area contributed by atoms with Crippen LogP contribution in [-0.2, 0) is 9.53 Å². The van der Waals surface area contributed by atoms with Gasteiger partial charge in [0.05, 0.1) is 0 Å². The molecule has 0 aliphatic heterocycles. The van der Waals surface area contributed by atoms with Crippen LogP contribution in [-0.4, -0.2) is 22.8 Å². The lowest BCUT2D eigenvalue weighted by Crippen LogP contribution is -2.36. The highest BCUT2D eigenvalue weighted by Gasteiger charge is 2.28. The molecule has 0 fully saturated rings. The predicted octanol–water partition coefficient (Wildman–Crippen LogP) is 1.74. The van der Waals surface area contributed by atoms with E-state index in [2.05, 4.69) is 0 Å². The van der Waals surface area contributed by atoms with Crippen LogP contribution in [0.4, 0.5) is 0 Å². The van der Waals surface area contributed by atoms with Gasteiger partial charge in [0.2, 0.25) is 0 Å². The lowest BCUT2D eigenvalue weighted by atomic mass is 10.0. The smallest absolute Gasteiger partial charge is 0.337 e. The van der Waals surface area contributed by atoms with Crippen LogP contribution in [0.25, 0.3) is 0 Å². The number of carbonyl (C=O) groups is 1. The van der Waals surface area contributed by atoms with Crippen LogP contribution in [0.5, 0.6) is 0 Å². The second kappa shape index (κ2) is 4.61. The van der Waals surface area contributed by atoms with Gasteiger partial charge in [-0.25, -0.2) is 4.79 Å². The zero-order valence-electron chi connectivity index (χ0n) is 9.13. The number of ether oxygens (including phenoxy) is 1. The maximum Gasteiger partial charge on any atom is 0.337 e. The number of esters is 1. The maximum absolute atomic E-state index is 11.2. The minimum absolute atomic E-state index is 0.135. The summed E-state index contributed by atoms with van der Waals surface area (Å²) in [7, 11) is 0. The molecular weight excluding hydrogens is 168 g/mol. The molecule has 0 aliphatic rings. The van der Waals surface area contributed by atoms with E-state index in [-0.39, 0.29) is 6.10 Å². The van der Waals surface area contributed by atoms with E-state index in [1.807, 2.05) is 20.8 Å². The second-order valence-corrected chi connectivity index (χ2v) is 4.05. The highest BCUT2D eigenvalue weighted by molar-refractivity contribution is 5.78. The van der Waals surface area contributed by atoms with Crippen molar-refractivity contribution in [1.82, 2.24) is 0 Å². The molecule has 0 bridgehead atoms. The fourth-order valence-corrected chi connectivity index (χ4v) is 0.761. The molecule has 78 valence electrons. The van der Waals surface area contributed by atoms with E-state index in [0.717, 1.165) is 6.42 Å². The summed E-state index contributed by atoms with van der Waals surface area (Å²) in [5.74, 6) is -0.230. The van der Waals surface area contributed by atoms with Crippen molar-refractivity contribution in [3.8, 4) is 0 Å². The number of hydrogen-bond donors (Lipinski definition) is 1. The Labute approximate surface area is 80.1 Å². The summed E-state index contributed by atoms with van der Waals surface area (Å²) in [4.78, 5) is 11.2. The summed E-state index contributed by atoms with van der Waals surface area (Å²) in [6.07, 6.45) is 0.823. The summed E-state index contributed by atoms with van der Waals surface area (Å²) >= 11 is 0. The van der Waals surface area contributed by atoms with Gasteiger partial charge in [0.25, 0.3) is 0 Å². The minimum Gasteiger partial charge on any atom is -0.460 e. The summed E-state index contributed by atoms with van der Waals surface area (Å²) < 4.78 is 5.08. The maximum atomic E-state index is 11.2. The monoisotopic (exact) mass is 188 g/mol. The Morgan fingerprint density at radius 2 is 1.92 bits per heavy atom. The van der Waals surface area contributed by atoms with E-state index >= 15 is 0 Å². The lowest BCUT2D eigenvalue weighted by molar-refractivity contribution is -0.169. The fraction of sp³-hybridized carbons (Fsp3) is 0.900. The van der Waals surface area contributed by atoms with Gasteiger partial charge < -0.3 is 9.84 Å². The fourth-order valence-electron chi connectivity index (χ4n) is 0.761. The largest absolute Gasteiger partial charge is 0.460 e. The van der Waals surface area contributed by atoms with Crippen molar-refractivity contribution in [3.63, 3.8) is 0 Å². The summed E-state index contributed by atoms with van der Waals surface area (Å²) in [6.45, 7) is 8.76. The van der Waals surface area contributed by atoms with Crippen LogP contribution in [0.15, 0.2) is 0 Å². The van der Waals surface area contributed by atoms with Crippen LogP contribution in [0.1, 0.15) is 41.0 Å². The molecule has 0 aromatic carbocycles. The Balaban J connectivity index is 4.07. The van der Waals surface area contributed by atoms with Gasteiger partial charge >= 0.3 is 5.97 Å². The molecule has 2 atom stereocenters. The van der Waals surface area contributed by atoms with E-state index in [9.17, 15) is 9.90 Å². The molecule has 0 aromatic heterocycles. The summed E-state index contributed by atoms with van der Waals surface area (Å²) in [6, 6.07) is 0. The Morgan fingerprint density at radius 3 is 2.23 bits per heavy atom. The van der Waals surface area contributed by atoms with Crippen molar-refractivity contribution < 1.29 is 14.6 Å². The third-order valence-electron chi connectivity index (χ3n) is 2.24. The molecule has 3 heteroatoms. The van der Waals surface area contributed by atoms with Crippen molar-refractivity contribution >= 4 is 5.97 Å². The molecule has 2 unspecified atom stereocenters. The zero-order valence-corrected chi connectivity index (χ0v) is 9.13. The summed E-state index contributed by atoms with van der Waals surface area (Å²) in [5, 5.41) is 9.31. The third kappa shape index (κ3) is 4.27. The van der Waals surface area contributed by atoms with Gasteiger partial charge in [-0.1, -0.05) is 20.3 Å². The molecule has 0 saturated carbocycles. The number of carbonyl (C=O) groups excluding carboxylic acids is 1. The topological polar surface area (TPSA) is 46.5 Å². The average molecular weight is 188 g/mol. The molecule has 0 aliphatic carbocycles. The number of rotatable bonds is 4. The number of hydrogen-bond acceptors (Lipinski definition) is 3. The van der Waals surface area contributed by atoms with Crippen LogP contribution in [0, 0.1) is 5.92 Å². The van der Waals surface area contributed by atoms with E-state index in [4.69, 9.17) is 4.74 Å². The third-order valence-corrected chi connectivity index (χ3v) is 2.24. The van der Waals surface area contributed by atoms with Crippen molar-refractivity contribution in [2.45, 2.75) is 52.7 Å². The first-order chi connectivity index (χ1) is 5.79. The first-order valence-electron chi connectivity index (χ1n) is 4.72. The Hall–Kier alpha value is -0.570. The van der Waals surface area contributed by atoms with Gasteiger partial charge in [-0.2, -0.15) is 0 Å². The van der Waals surface area contributed by atoms with Gasteiger partial charge in [0.1, 0.15) is 6.10 Å². The first kappa shape index (κ1) is 12.4. The highest BCUT2D eigenvalue weighted by atomic mass is 16.6. The Morgan fingerprint density at radius 1 is 1.46 bits per heavy atom. The van der Waals surface area contributed by atoms with Gasteiger partial charge in [0.15, 0.2) is 5.60 Å². The van der Waals surface area contributed by atoms with E-state index in [0.29, 0.717) is 5.92 Å². The van der Waals surface area contributed by atoms with Crippen molar-refractivity contribution in [2.75, 3.05) is 0 Å². The molecule has 1 N–H and O–H groups in total. The van der Waals surface area contributed by atoms with Crippen LogP contribution in [0.3, 0.4) is 0 Å². The molecule has 0 aromatic rings. The molecule has 0 rings (SSSR count). The summed E-state index contributed by atoms with van der Waals surface area (Å²) in [5.41, 5.74) is -1.39. The molecule has 0 saturated heterocycles. The molecule has 0 radical (unpaired) electrons. The van der Waals surface area contributed by atoms with Gasteiger partial charge in [-0.15, -0.1) is 0 Å². The first-order valence-corrected chi connectivity index (χ1v) is 4.72. The van der Waals surface area contributed by atoms with Crippen LogP contribution in [0.2, 0.25) is 0 Å². The van der Waals surface area contributed by atoms with E-state index in [1.54, 1.807) is 0 Å². The normalized spacial score (nSPS) is 16.5. The minimum atomic E-state index is -1.39. The molecule has 0 heterocycles. The Bertz CT molecular complexity index is 169. The SMILES string of the molecule is CCC(C)C(C)OC(=O)C(C)(C)O. The van der Waals surface area contributed by atoms with Crippen molar-refractivity contribution in [1.29, 1.82) is 0 Å². The zero-order chi connectivity index (χ0) is 10.6. The van der Waals surface area contributed by atoms with Crippen LogP contribution < -0.4 is 0 Å². The van der Waals surface area contributed by atoms with Gasteiger partial charge in [-0.3, -0.25) is 0 Å². The van der Waals surface area contributed by atoms with Crippen molar-refractivity contribution in [2.24, 2.45) is 5.92 Å². The lowest BCUT2D eigenvalue weighted by Gasteiger charge is -2.23. The highest BCUT2D eigenvalue weighted by Crippen LogP contribution is 2.14. The van der Waals surface area contributed by atoms with Crippen molar-refractivity contribution in [3.05, 3.63) is 0 Å². The van der Waals surface area contributed by atoms with Gasteiger partial charge in [-0.05, 0) is 26.7 Å². The molecular formula is C10H20O3. The second-order valence-electron chi connectivity index (χ2n) is 4.05. The standard InChI is InChI=1S/C10H20O3/c1-6-7(2)8(3)13-9(11)10(4,5)12/h7-8,12H,6H2,1-5H3. The van der Waals surface area contributed by atoms with Gasteiger partial charge in [0, 0.05) is 0 Å². The van der Waals surface area contributed by atoms with E-state index < -0.39 is 11.6 Å². The predicted molar refractivity (Wildman–Crippen MR) is 51.3 cm³/mol. The molecule has 0 amide bonds. The quantitative estimate of drug-likeness (QED) is 0.683.